The lowest BCUT2D eigenvalue weighted by molar-refractivity contribution is -0.115. The van der Waals surface area contributed by atoms with Crippen LogP contribution in [0.15, 0.2) is 4.34 Å². The van der Waals surface area contributed by atoms with E-state index < -0.39 is 0 Å². The number of aromatic nitrogens is 4. The highest BCUT2D eigenvalue weighted by Crippen LogP contribution is 2.31. The van der Waals surface area contributed by atoms with Crippen molar-refractivity contribution in [3.05, 3.63) is 11.4 Å². The minimum atomic E-state index is -0.297. The molecule has 2 aromatic heterocycles. The summed E-state index contributed by atoms with van der Waals surface area (Å²) in [7, 11) is 1.85. The predicted molar refractivity (Wildman–Crippen MR) is 92.3 cm³/mol. The summed E-state index contributed by atoms with van der Waals surface area (Å²) < 4.78 is 7.95. The molecular weight excluding hydrogens is 334 g/mol. The van der Waals surface area contributed by atoms with Gasteiger partial charge in [-0.1, -0.05) is 16.9 Å². The molecule has 0 saturated heterocycles. The summed E-state index contributed by atoms with van der Waals surface area (Å²) in [6, 6.07) is 0. The first kappa shape index (κ1) is 17.7. The van der Waals surface area contributed by atoms with Crippen LogP contribution >= 0.6 is 23.1 Å². The summed E-state index contributed by atoms with van der Waals surface area (Å²) in [5.41, 5.74) is 2.50. The van der Waals surface area contributed by atoms with Gasteiger partial charge in [-0.15, -0.1) is 5.10 Å². The first-order chi connectivity index (χ1) is 10.8. The van der Waals surface area contributed by atoms with E-state index in [9.17, 15) is 4.79 Å². The average Bonchev–Trinajstić information content (AvgIpc) is 2.98. The third-order valence-corrected chi connectivity index (χ3v) is 5.13. The molecule has 2 rings (SSSR count). The molecule has 126 valence electrons. The Hall–Kier alpha value is -1.61. The topological polar surface area (TPSA) is 81.9 Å². The standard InChI is InChI=1S/C14H21N5O2S2/c1-7(2)21-13-16-17-14(23-13)22-10(5)12(20)15-11-8(3)18-19(6)9(11)4/h7,10H,1-6H3,(H,15,20). The number of thioether (sulfide) groups is 1. The normalized spacial score (nSPS) is 12.5. The van der Waals surface area contributed by atoms with Crippen molar-refractivity contribution < 1.29 is 9.53 Å². The lowest BCUT2D eigenvalue weighted by atomic mass is 10.3. The minimum Gasteiger partial charge on any atom is -0.466 e. The van der Waals surface area contributed by atoms with Crippen LogP contribution in [0.4, 0.5) is 5.69 Å². The molecule has 1 atom stereocenters. The SMILES string of the molecule is Cc1nn(C)c(C)c1NC(=O)C(C)Sc1nnc(OC(C)C)s1. The second-order valence-corrected chi connectivity index (χ2v) is 7.95. The number of ether oxygens (including phenoxy) is 1. The third kappa shape index (κ3) is 4.44. The fourth-order valence-corrected chi connectivity index (χ4v) is 3.83. The zero-order valence-corrected chi connectivity index (χ0v) is 15.7. The molecule has 0 aromatic carbocycles. The van der Waals surface area contributed by atoms with Crippen LogP contribution in [-0.4, -0.2) is 37.2 Å². The molecule has 0 saturated carbocycles. The van der Waals surface area contributed by atoms with Crippen LogP contribution in [0.1, 0.15) is 32.2 Å². The molecule has 0 aliphatic carbocycles. The number of aryl methyl sites for hydroxylation is 2. The van der Waals surface area contributed by atoms with Crippen molar-refractivity contribution in [2.75, 3.05) is 5.32 Å². The number of rotatable bonds is 6. The van der Waals surface area contributed by atoms with Gasteiger partial charge >= 0.3 is 0 Å². The first-order valence-corrected chi connectivity index (χ1v) is 8.95. The molecule has 0 fully saturated rings. The van der Waals surface area contributed by atoms with Crippen molar-refractivity contribution >= 4 is 34.7 Å². The predicted octanol–water partition coefficient (Wildman–Crippen LogP) is 2.79. The fourth-order valence-electron chi connectivity index (χ4n) is 1.88. The second kappa shape index (κ2) is 7.31. The average molecular weight is 355 g/mol. The van der Waals surface area contributed by atoms with E-state index in [1.165, 1.54) is 23.1 Å². The Labute approximate surface area is 143 Å². The summed E-state index contributed by atoms with van der Waals surface area (Å²) in [4.78, 5) is 12.4. The van der Waals surface area contributed by atoms with Crippen LogP contribution < -0.4 is 10.1 Å². The molecular formula is C14H21N5O2S2. The van der Waals surface area contributed by atoms with Crippen LogP contribution in [-0.2, 0) is 11.8 Å². The van der Waals surface area contributed by atoms with Gasteiger partial charge in [0.15, 0.2) is 4.34 Å². The van der Waals surface area contributed by atoms with Gasteiger partial charge in [0.1, 0.15) is 0 Å². The van der Waals surface area contributed by atoms with Crippen LogP contribution in [0.25, 0.3) is 0 Å². The first-order valence-electron chi connectivity index (χ1n) is 7.25. The van der Waals surface area contributed by atoms with Crippen LogP contribution in [0.3, 0.4) is 0 Å². The Kier molecular flexibility index (Phi) is 5.64. The van der Waals surface area contributed by atoms with E-state index in [-0.39, 0.29) is 17.3 Å². The number of nitrogens with one attached hydrogen (secondary N) is 1. The number of nitrogens with zero attached hydrogens (tertiary/aromatic N) is 4. The van der Waals surface area contributed by atoms with Crippen molar-refractivity contribution in [3.8, 4) is 5.19 Å². The number of amides is 1. The maximum atomic E-state index is 12.4. The highest BCUT2D eigenvalue weighted by Gasteiger charge is 2.20. The zero-order chi connectivity index (χ0) is 17.1. The Morgan fingerprint density at radius 1 is 1.30 bits per heavy atom. The summed E-state index contributed by atoms with van der Waals surface area (Å²) in [5, 5.41) is 15.5. The van der Waals surface area contributed by atoms with E-state index in [0.29, 0.717) is 9.53 Å². The van der Waals surface area contributed by atoms with E-state index >= 15 is 0 Å². The molecule has 2 aromatic rings. The lowest BCUT2D eigenvalue weighted by Crippen LogP contribution is -2.23. The van der Waals surface area contributed by atoms with Gasteiger partial charge in [-0.05, 0) is 46.0 Å². The number of hydrogen-bond donors (Lipinski definition) is 1. The maximum Gasteiger partial charge on any atom is 0.295 e. The molecule has 2 heterocycles. The molecule has 7 nitrogen and oxygen atoms in total. The molecule has 9 heteroatoms. The number of carbonyl (C=O) groups is 1. The van der Waals surface area contributed by atoms with Crippen molar-refractivity contribution in [1.82, 2.24) is 20.0 Å². The third-order valence-electron chi connectivity index (χ3n) is 3.13. The second-order valence-electron chi connectivity index (χ2n) is 5.42. The highest BCUT2D eigenvalue weighted by atomic mass is 32.2. The number of anilines is 1. The van der Waals surface area contributed by atoms with Crippen LogP contribution in [0.5, 0.6) is 5.19 Å². The van der Waals surface area contributed by atoms with Gasteiger partial charge in [0.25, 0.3) is 5.19 Å². The van der Waals surface area contributed by atoms with Crippen molar-refractivity contribution in [1.29, 1.82) is 0 Å². The summed E-state index contributed by atoms with van der Waals surface area (Å²) >= 11 is 2.71. The minimum absolute atomic E-state index is 0.0538. The summed E-state index contributed by atoms with van der Waals surface area (Å²) in [5.74, 6) is -0.0873. The maximum absolute atomic E-state index is 12.4. The van der Waals surface area contributed by atoms with Gasteiger partial charge in [0.05, 0.1) is 28.4 Å². The Morgan fingerprint density at radius 2 is 2.00 bits per heavy atom. The van der Waals surface area contributed by atoms with E-state index in [1.807, 2.05) is 41.7 Å². The molecule has 23 heavy (non-hydrogen) atoms. The van der Waals surface area contributed by atoms with E-state index in [0.717, 1.165) is 17.1 Å². The van der Waals surface area contributed by atoms with Crippen molar-refractivity contribution in [2.24, 2.45) is 7.05 Å². The molecule has 0 spiro atoms. The Morgan fingerprint density at radius 3 is 2.57 bits per heavy atom. The van der Waals surface area contributed by atoms with Crippen LogP contribution in [0.2, 0.25) is 0 Å². The molecule has 0 aliphatic heterocycles. The Bertz CT molecular complexity index is 695. The van der Waals surface area contributed by atoms with Crippen LogP contribution in [0, 0.1) is 13.8 Å². The van der Waals surface area contributed by atoms with Gasteiger partial charge in [-0.3, -0.25) is 9.48 Å². The van der Waals surface area contributed by atoms with Gasteiger partial charge in [0.2, 0.25) is 5.91 Å². The monoisotopic (exact) mass is 355 g/mol. The number of carbonyl (C=O) groups excluding carboxylic acids is 1. The molecule has 0 bridgehead atoms. The van der Waals surface area contributed by atoms with Gasteiger partial charge in [-0.2, -0.15) is 5.10 Å². The molecule has 1 N–H and O–H groups in total. The summed E-state index contributed by atoms with van der Waals surface area (Å²) in [6.07, 6.45) is 0.0538. The van der Waals surface area contributed by atoms with Gasteiger partial charge in [-0.25, -0.2) is 0 Å². The summed E-state index contributed by atoms with van der Waals surface area (Å²) in [6.45, 7) is 9.51. The highest BCUT2D eigenvalue weighted by molar-refractivity contribution is 8.02. The quantitative estimate of drug-likeness (QED) is 0.803. The molecule has 0 aliphatic rings. The smallest absolute Gasteiger partial charge is 0.295 e. The largest absolute Gasteiger partial charge is 0.466 e. The van der Waals surface area contributed by atoms with Crippen molar-refractivity contribution in [3.63, 3.8) is 0 Å². The van der Waals surface area contributed by atoms with E-state index in [2.05, 4.69) is 20.6 Å². The fraction of sp³-hybridized carbons (Fsp3) is 0.571. The number of hydrogen-bond acceptors (Lipinski definition) is 7. The van der Waals surface area contributed by atoms with E-state index in [1.54, 1.807) is 4.68 Å². The van der Waals surface area contributed by atoms with Gasteiger partial charge < -0.3 is 10.1 Å². The molecule has 1 amide bonds. The molecule has 0 radical (unpaired) electrons. The van der Waals surface area contributed by atoms with Crippen molar-refractivity contribution in [2.45, 2.75) is 50.3 Å². The van der Waals surface area contributed by atoms with Gasteiger partial charge in [0, 0.05) is 7.05 Å². The Balaban J connectivity index is 1.98. The lowest BCUT2D eigenvalue weighted by Gasteiger charge is -2.10. The molecule has 1 unspecified atom stereocenters. The van der Waals surface area contributed by atoms with E-state index in [4.69, 9.17) is 4.74 Å². The zero-order valence-electron chi connectivity index (χ0n) is 14.1.